The zero-order valence-electron chi connectivity index (χ0n) is 48.2. The van der Waals surface area contributed by atoms with Crippen LogP contribution in [0.5, 0.6) is 0 Å². The number of nitrogens with one attached hydrogen (secondary N) is 10. The molecule has 0 saturated carbocycles. The summed E-state index contributed by atoms with van der Waals surface area (Å²) in [5.74, 6) is 1.42. The maximum Gasteiger partial charge on any atom is 0.269 e. The average Bonchev–Trinajstić information content (AvgIpc) is 3.77. The molecule has 35 heteroatoms. The highest BCUT2D eigenvalue weighted by atomic mass is 33.1. The monoisotopic (exact) mass is 1420 g/mol. The number of hydrogen-bond donors (Lipinski definition) is 10. The Morgan fingerprint density at radius 3 is 0.389 bits per heavy atom. The largest absolute Gasteiger partial charge is 0.350 e. The summed E-state index contributed by atoms with van der Waals surface area (Å²) in [6, 6.07) is 23.2. The summed E-state index contributed by atoms with van der Waals surface area (Å²) in [6.45, 7) is 3.39. The quantitative estimate of drug-likeness (QED) is 0.0941. The minimum atomic E-state index is -0.426. The van der Waals surface area contributed by atoms with E-state index in [9.17, 15) is 47.9 Å². The zero-order chi connectivity index (χ0) is 64.0. The Kier molecular flexibility index (Phi) is 34.8. The van der Waals surface area contributed by atoms with E-state index in [1.165, 1.54) is 169 Å². The van der Waals surface area contributed by atoms with E-state index in [0.717, 1.165) is 0 Å². The van der Waals surface area contributed by atoms with Gasteiger partial charge in [-0.2, -0.15) is 0 Å². The van der Waals surface area contributed by atoms with Gasteiger partial charge in [0.15, 0.2) is 0 Å². The number of rotatable bonds is 0. The van der Waals surface area contributed by atoms with E-state index < -0.39 is 59.1 Å². The van der Waals surface area contributed by atoms with Gasteiger partial charge in [0.05, 0.1) is 0 Å². The lowest BCUT2D eigenvalue weighted by Crippen LogP contribution is -2.30. The van der Waals surface area contributed by atoms with E-state index in [2.05, 4.69) is 78.1 Å². The molecular weight excluding hydrogens is 1350 g/mol. The van der Waals surface area contributed by atoms with Gasteiger partial charge in [0, 0.05) is 123 Å². The van der Waals surface area contributed by atoms with E-state index in [0.29, 0.717) is 123 Å². The Balaban J connectivity index is 0.915. The molecule has 1 aliphatic heterocycles. The highest BCUT2D eigenvalue weighted by Crippen LogP contribution is 2.23. The number of fused-ring (bicyclic) bond motifs is 10. The third-order valence-electron chi connectivity index (χ3n) is 11.2. The molecule has 0 radical (unpaired) electrons. The van der Waals surface area contributed by atoms with Gasteiger partial charge >= 0.3 is 0 Å². The topological polar surface area (TPSA) is 355 Å². The lowest BCUT2D eigenvalue weighted by atomic mass is 10.2. The van der Waals surface area contributed by atoms with Crippen LogP contribution < -0.4 is 53.2 Å². The Hall–Kier alpha value is -6.05. The van der Waals surface area contributed by atoms with Crippen LogP contribution in [-0.4, -0.2) is 207 Å². The third-order valence-corrected chi connectivity index (χ3v) is 23.2. The fourth-order valence-corrected chi connectivity index (χ4v) is 16.1. The standard InChI is InChI=1S/C55H65N15O10S10/c71-46-36-6-1-7-37(66-36)47(72)57-17-27-82-84-29-19-59-49(74)39-9-3-11-41(68-39)51(76)61-21-31-86-88-33-23-63-53(78)43-13-5-15-45(70-43)55(80)65-25-35-90-89-34-24-64-54(79)44-14-4-12-42(69-44)52(77)62-22-32-87-85-30-20-60-50(75)40-10-2-8-38(67-40)48(73)58-18-28-83-81-26-16-56-46/h1-15H,16-35H2,(H,56,71)(H,57,72)(H,58,73)(H,59,74)(H,60,75)(H,61,76)(H,62,77)(H,63,78)(H,64,79)(H,65,80). The molecule has 90 heavy (non-hydrogen) atoms. The van der Waals surface area contributed by atoms with Crippen LogP contribution in [0.4, 0.5) is 0 Å². The predicted molar refractivity (Wildman–Crippen MR) is 369 cm³/mol. The fourth-order valence-electron chi connectivity index (χ4n) is 7.00. The minimum absolute atomic E-state index is 0.0993. The lowest BCUT2D eigenvalue weighted by Gasteiger charge is -2.08. The van der Waals surface area contributed by atoms with E-state index in [-0.39, 0.29) is 56.9 Å². The van der Waals surface area contributed by atoms with Crippen molar-refractivity contribution in [3.8, 4) is 0 Å². The van der Waals surface area contributed by atoms with Crippen molar-refractivity contribution in [3.63, 3.8) is 0 Å². The molecule has 0 saturated heterocycles. The van der Waals surface area contributed by atoms with Gasteiger partial charge in [0.25, 0.3) is 59.1 Å². The van der Waals surface area contributed by atoms with Crippen molar-refractivity contribution >= 4 is 167 Å². The maximum absolute atomic E-state index is 12.8. The summed E-state index contributed by atoms with van der Waals surface area (Å²) in [4.78, 5) is 150. The van der Waals surface area contributed by atoms with Crippen LogP contribution in [-0.2, 0) is 0 Å². The second-order valence-corrected chi connectivity index (χ2v) is 31.3. The molecular formula is C55H65N15O10S10. The summed E-state index contributed by atoms with van der Waals surface area (Å²) >= 11 is 0. The van der Waals surface area contributed by atoms with Gasteiger partial charge in [-0.1, -0.05) is 138 Å². The van der Waals surface area contributed by atoms with Gasteiger partial charge in [-0.3, -0.25) is 47.9 Å². The van der Waals surface area contributed by atoms with Gasteiger partial charge in [-0.25, -0.2) is 24.9 Å². The summed E-state index contributed by atoms with van der Waals surface area (Å²) in [5, 5.41) is 28.1. The van der Waals surface area contributed by atoms with Gasteiger partial charge in [0.2, 0.25) is 0 Å². The Morgan fingerprint density at radius 1 is 0.189 bits per heavy atom. The average molecular weight is 1420 g/mol. The highest BCUT2D eigenvalue weighted by molar-refractivity contribution is 8.77. The molecule has 0 spiro atoms. The molecule has 5 aromatic heterocycles. The first kappa shape index (κ1) is 73.0. The SMILES string of the molecule is O=C1NCCSSCCNC(=O)c2cccc(n2)C(=O)NCCSSCCNC(=O)c2cccc(n2)C(=O)NCCSSCCNC(=O)c2cccc(n2)C(=O)NCCSSCCNC(=O)c2cccc(n2)C(=O)NCCSSCCNC(=O)c2cccc1n2. The summed E-state index contributed by atoms with van der Waals surface area (Å²) in [6.07, 6.45) is 0. The number of carbonyl (C=O) groups is 10. The molecule has 0 fully saturated rings. The van der Waals surface area contributed by atoms with Crippen molar-refractivity contribution in [2.45, 2.75) is 0 Å². The molecule has 5 aromatic rings. The molecule has 6 rings (SSSR count). The van der Waals surface area contributed by atoms with Crippen LogP contribution in [0.1, 0.15) is 105 Å². The molecule has 0 aromatic carbocycles. The molecule has 6 heterocycles. The second-order valence-electron chi connectivity index (χ2n) is 17.8. The zero-order valence-corrected chi connectivity index (χ0v) is 56.4. The van der Waals surface area contributed by atoms with Gasteiger partial charge in [-0.15, -0.1) is 0 Å². The molecule has 0 aliphatic carbocycles. The predicted octanol–water partition coefficient (Wildman–Crippen LogP) is 4.68. The van der Waals surface area contributed by atoms with E-state index >= 15 is 0 Å². The number of nitrogens with zero attached hydrogens (tertiary/aromatic N) is 5. The Morgan fingerprint density at radius 2 is 0.289 bits per heavy atom. The van der Waals surface area contributed by atoms with Crippen molar-refractivity contribution in [2.24, 2.45) is 0 Å². The Bertz CT molecular complexity index is 2570. The molecule has 0 unspecified atom stereocenters. The van der Waals surface area contributed by atoms with Crippen molar-refractivity contribution in [1.29, 1.82) is 0 Å². The van der Waals surface area contributed by atoms with Crippen molar-refractivity contribution in [2.75, 3.05) is 123 Å². The van der Waals surface area contributed by atoms with Crippen LogP contribution in [0, 0.1) is 0 Å². The summed E-state index contributed by atoms with van der Waals surface area (Å²) in [7, 11) is 15.1. The van der Waals surface area contributed by atoms with Crippen LogP contribution in [0.25, 0.3) is 0 Å². The summed E-state index contributed by atoms with van der Waals surface area (Å²) < 4.78 is 0. The minimum Gasteiger partial charge on any atom is -0.350 e. The molecule has 480 valence electrons. The highest BCUT2D eigenvalue weighted by Gasteiger charge is 2.18. The summed E-state index contributed by atoms with van der Waals surface area (Å²) in [5.41, 5.74) is 0.993. The van der Waals surface area contributed by atoms with E-state index in [4.69, 9.17) is 0 Å². The molecule has 1 aliphatic rings. The van der Waals surface area contributed by atoms with Crippen LogP contribution in [0.2, 0.25) is 0 Å². The van der Waals surface area contributed by atoms with Crippen molar-refractivity contribution in [3.05, 3.63) is 148 Å². The van der Waals surface area contributed by atoms with Crippen LogP contribution in [0.15, 0.2) is 91.0 Å². The first-order valence-electron chi connectivity index (χ1n) is 27.8. The lowest BCUT2D eigenvalue weighted by molar-refractivity contribution is 0.0931. The second kappa shape index (κ2) is 42.9. The van der Waals surface area contributed by atoms with Gasteiger partial charge in [-0.05, 0) is 60.7 Å². The third kappa shape index (κ3) is 27.8. The smallest absolute Gasteiger partial charge is 0.269 e. The fraction of sp³-hybridized carbons (Fsp3) is 0.364. The number of carbonyl (C=O) groups excluding carboxylic acids is 10. The van der Waals surface area contributed by atoms with Crippen LogP contribution >= 0.6 is 108 Å². The van der Waals surface area contributed by atoms with Gasteiger partial charge in [0.1, 0.15) is 56.9 Å². The molecule has 10 amide bonds. The van der Waals surface area contributed by atoms with E-state index in [1.54, 1.807) is 30.3 Å². The Labute approximate surface area is 559 Å². The molecule has 10 N–H and O–H groups in total. The number of amides is 10. The van der Waals surface area contributed by atoms with Crippen molar-refractivity contribution < 1.29 is 47.9 Å². The van der Waals surface area contributed by atoms with Gasteiger partial charge < -0.3 is 53.2 Å². The first-order chi connectivity index (χ1) is 43.9. The molecule has 10 bridgehead atoms. The van der Waals surface area contributed by atoms with E-state index in [1.807, 2.05) is 0 Å². The van der Waals surface area contributed by atoms with Crippen molar-refractivity contribution in [1.82, 2.24) is 78.1 Å². The first-order valence-corrected chi connectivity index (χ1v) is 40.2. The number of aromatic nitrogens is 5. The molecule has 25 nitrogen and oxygen atoms in total. The normalized spacial score (nSPS) is 17.8. The number of pyridine rings is 5. The van der Waals surface area contributed by atoms with Crippen LogP contribution in [0.3, 0.4) is 0 Å². The maximum atomic E-state index is 12.8. The molecule has 0 atom stereocenters. The number of hydrogen-bond acceptors (Lipinski definition) is 25.